The molecule has 0 bridgehead atoms. The Morgan fingerprint density at radius 2 is 0.449 bits per heavy atom. The number of amides is 4. The third kappa shape index (κ3) is 15.3. The lowest BCUT2D eigenvalue weighted by Gasteiger charge is -2.32. The van der Waals surface area contributed by atoms with Gasteiger partial charge in [-0.25, -0.2) is 0 Å². The second-order valence-electron chi connectivity index (χ2n) is 32.1. The molecular weight excluding hydrogens is 1210 g/mol. The van der Waals surface area contributed by atoms with Crippen molar-refractivity contribution in [3.05, 3.63) is 166 Å². The van der Waals surface area contributed by atoms with Crippen molar-refractivity contribution in [2.75, 3.05) is 13.1 Å². The average Bonchev–Trinajstić information content (AvgIpc) is 0.673. The van der Waals surface area contributed by atoms with E-state index in [0.29, 0.717) is 124 Å². The highest BCUT2D eigenvalue weighted by atomic mass is 16.5. The van der Waals surface area contributed by atoms with Gasteiger partial charge in [0.25, 0.3) is 23.6 Å². The maximum atomic E-state index is 15.8. The molecule has 0 atom stereocenters. The summed E-state index contributed by atoms with van der Waals surface area (Å²) in [5.41, 5.74) is 5.01. The molecule has 0 radical (unpaired) electrons. The molecule has 10 nitrogen and oxygen atoms in total. The number of carbonyl (C=O) groups excluding carboxylic acids is 4. The highest BCUT2D eigenvalue weighted by Gasteiger charge is 2.42. The van der Waals surface area contributed by atoms with E-state index in [-0.39, 0.29) is 34.7 Å². The van der Waals surface area contributed by atoms with E-state index in [1.807, 2.05) is 48.5 Å². The minimum atomic E-state index is -0.421. The number of rotatable bonds is 30. The number of hydrogen-bond acceptors (Lipinski definition) is 8. The first-order valence-electron chi connectivity index (χ1n) is 37.0. The van der Waals surface area contributed by atoms with Gasteiger partial charge in [-0.05, 0) is 130 Å². The zero-order valence-corrected chi connectivity index (χ0v) is 61.3. The van der Waals surface area contributed by atoms with Crippen LogP contribution in [0, 0.1) is 0 Å². The van der Waals surface area contributed by atoms with Crippen molar-refractivity contribution in [3.63, 3.8) is 0 Å². The molecule has 0 saturated heterocycles. The van der Waals surface area contributed by atoms with Crippen LogP contribution in [0.2, 0.25) is 0 Å². The Hall–Kier alpha value is -8.24. The Balaban J connectivity index is 1.20. The Kier molecular flexibility index (Phi) is 21.5. The smallest absolute Gasteiger partial charge is 0.261 e. The zero-order chi connectivity index (χ0) is 69.8. The van der Waals surface area contributed by atoms with Crippen molar-refractivity contribution in [1.29, 1.82) is 0 Å². The summed E-state index contributed by atoms with van der Waals surface area (Å²) in [6, 6.07) is 39.4. The molecule has 0 aromatic heterocycles. The predicted molar refractivity (Wildman–Crippen MR) is 403 cm³/mol. The van der Waals surface area contributed by atoms with Crippen molar-refractivity contribution in [1.82, 2.24) is 9.80 Å². The molecule has 0 fully saturated rings. The monoisotopic (exact) mass is 1320 g/mol. The van der Waals surface area contributed by atoms with Gasteiger partial charge >= 0.3 is 0 Å². The SMILES string of the molecule is CCCCCCCCCCCCN1C(=O)c2cc(Oc3ccc(C(C)(C)C)cc3)c3c4c(Oc5ccc(C(C)(C)C)cc5)cc5c6c(cc(Oc7ccc(C(C)(C)C)cc7)c(c7c(Oc8ccc(C(C)(C)C)cc8)cc(c2c37)C1=O)c64)C(=O)N(CCCCCCCCCCCC)C5=O. The minimum Gasteiger partial charge on any atom is -0.457 e. The summed E-state index contributed by atoms with van der Waals surface area (Å²) < 4.78 is 29.4. The molecule has 98 heavy (non-hydrogen) atoms. The number of unbranched alkanes of at least 4 members (excludes halogenated alkanes) is 18. The molecule has 0 aliphatic carbocycles. The van der Waals surface area contributed by atoms with Gasteiger partial charge in [0.15, 0.2) is 0 Å². The van der Waals surface area contributed by atoms with Crippen molar-refractivity contribution in [2.45, 2.75) is 247 Å². The molecular formula is C88H106N2O8. The summed E-state index contributed by atoms with van der Waals surface area (Å²) in [6.45, 7) is 31.0. The summed E-state index contributed by atoms with van der Waals surface area (Å²) in [5, 5.41) is 3.90. The van der Waals surface area contributed by atoms with Gasteiger partial charge in [-0.2, -0.15) is 0 Å². The third-order valence-electron chi connectivity index (χ3n) is 20.3. The number of ether oxygens (including phenoxy) is 4. The summed E-state index contributed by atoms with van der Waals surface area (Å²) in [4.78, 5) is 66.2. The van der Waals surface area contributed by atoms with E-state index >= 15 is 19.2 Å². The average molecular weight is 1320 g/mol. The quantitative estimate of drug-likeness (QED) is 0.0189. The van der Waals surface area contributed by atoms with Crippen LogP contribution >= 0.6 is 0 Å². The van der Waals surface area contributed by atoms with Gasteiger partial charge in [0.2, 0.25) is 0 Å². The van der Waals surface area contributed by atoms with Gasteiger partial charge in [0.1, 0.15) is 46.0 Å². The summed E-state index contributed by atoms with van der Waals surface area (Å²) in [6.07, 6.45) is 22.1. The third-order valence-corrected chi connectivity index (χ3v) is 20.3. The van der Waals surface area contributed by atoms with Crippen LogP contribution in [0.15, 0.2) is 121 Å². The number of imide groups is 2. The fraction of sp³-hybridized carbons (Fsp3) is 0.455. The van der Waals surface area contributed by atoms with Crippen molar-refractivity contribution >= 4 is 66.7 Å². The van der Waals surface area contributed by atoms with Crippen molar-refractivity contribution in [2.24, 2.45) is 0 Å². The molecule has 0 N–H and O–H groups in total. The Morgan fingerprint density at radius 3 is 0.643 bits per heavy atom. The van der Waals surface area contributed by atoms with Crippen LogP contribution in [0.3, 0.4) is 0 Å². The van der Waals surface area contributed by atoms with E-state index in [9.17, 15) is 0 Å². The first-order valence-corrected chi connectivity index (χ1v) is 37.0. The molecule has 4 amide bonds. The van der Waals surface area contributed by atoms with E-state index < -0.39 is 23.6 Å². The van der Waals surface area contributed by atoms with Crippen LogP contribution in [-0.4, -0.2) is 46.5 Å². The lowest BCUT2D eigenvalue weighted by Crippen LogP contribution is -2.41. The van der Waals surface area contributed by atoms with Crippen LogP contribution < -0.4 is 18.9 Å². The van der Waals surface area contributed by atoms with Crippen LogP contribution in [0.1, 0.15) is 289 Å². The Bertz CT molecular complexity index is 3810. The van der Waals surface area contributed by atoms with Crippen LogP contribution in [0.25, 0.3) is 43.1 Å². The van der Waals surface area contributed by atoms with E-state index in [4.69, 9.17) is 18.9 Å². The Morgan fingerprint density at radius 1 is 0.255 bits per heavy atom. The fourth-order valence-electron chi connectivity index (χ4n) is 14.4. The topological polar surface area (TPSA) is 112 Å². The van der Waals surface area contributed by atoms with E-state index in [2.05, 4.69) is 145 Å². The normalized spacial score (nSPS) is 13.7. The largest absolute Gasteiger partial charge is 0.457 e. The molecule has 0 unspecified atom stereocenters. The highest BCUT2D eigenvalue weighted by molar-refractivity contribution is 6.44. The van der Waals surface area contributed by atoms with Gasteiger partial charge in [0, 0.05) is 56.2 Å². The molecule has 11 rings (SSSR count). The molecule has 2 heterocycles. The van der Waals surface area contributed by atoms with Crippen LogP contribution in [0.4, 0.5) is 0 Å². The number of nitrogens with zero attached hydrogens (tertiary/aromatic N) is 2. The maximum absolute atomic E-state index is 15.8. The summed E-state index contributed by atoms with van der Waals surface area (Å²) in [5.74, 6) is 1.62. The zero-order valence-electron chi connectivity index (χ0n) is 61.3. The molecule has 9 aromatic carbocycles. The van der Waals surface area contributed by atoms with Gasteiger partial charge in [-0.3, -0.25) is 29.0 Å². The molecule has 2 aliphatic rings. The second-order valence-corrected chi connectivity index (χ2v) is 32.1. The number of carbonyl (C=O) groups is 4. The number of benzene rings is 9. The molecule has 0 saturated carbocycles. The number of hydrogen-bond donors (Lipinski definition) is 0. The molecule has 516 valence electrons. The molecule has 2 aliphatic heterocycles. The number of fused-ring (bicyclic) bond motifs is 2. The van der Waals surface area contributed by atoms with E-state index in [1.54, 1.807) is 24.3 Å². The van der Waals surface area contributed by atoms with E-state index in [0.717, 1.165) is 60.8 Å². The lowest BCUT2D eigenvalue weighted by atomic mass is 9.80. The van der Waals surface area contributed by atoms with Crippen molar-refractivity contribution < 1.29 is 38.1 Å². The molecule has 10 heteroatoms. The lowest BCUT2D eigenvalue weighted by molar-refractivity contribution is 0.0592. The maximum Gasteiger partial charge on any atom is 0.261 e. The summed E-state index contributed by atoms with van der Waals surface area (Å²) >= 11 is 0. The second kappa shape index (κ2) is 29.7. The van der Waals surface area contributed by atoms with Crippen molar-refractivity contribution in [3.8, 4) is 46.0 Å². The fourth-order valence-corrected chi connectivity index (χ4v) is 14.4. The minimum absolute atomic E-state index is 0.160. The molecule has 0 spiro atoms. The van der Waals surface area contributed by atoms with E-state index in [1.165, 1.54) is 86.8 Å². The first kappa shape index (κ1) is 71.1. The van der Waals surface area contributed by atoms with Gasteiger partial charge in [-0.15, -0.1) is 0 Å². The standard InChI is InChI=1S/C88H106N2O8/c1-15-17-19-21-23-25-27-29-31-33-51-89-81(91)65-53-69(95-61-43-35-57(36-44-61)85(3,4)5)75-77-71(97-63-47-39-59(40-48-63)87(9,10)11)55-67-74-68(84(94)90(83(67)93)52-34-32-30-28-26-24-22-20-18-16-2)56-72(98-64-49-41-60(42-50-64)88(12,13)14)78(80(74)77)76-70(54-66(82(89)92)73(65)79(75)76)96-62-45-37-58(38-46-62)86(6,7)8/h35-50,53-56H,15-34,51-52H2,1-14H3. The Labute approximate surface area is 583 Å². The summed E-state index contributed by atoms with van der Waals surface area (Å²) in [7, 11) is 0. The first-order chi connectivity index (χ1) is 46.8. The van der Waals surface area contributed by atoms with Gasteiger partial charge in [0.05, 0.1) is 22.3 Å². The van der Waals surface area contributed by atoms with Gasteiger partial charge < -0.3 is 18.9 Å². The predicted octanol–water partition coefficient (Wildman–Crippen LogP) is 25.1. The van der Waals surface area contributed by atoms with Gasteiger partial charge in [-0.1, -0.05) is 261 Å². The molecule has 9 aromatic rings. The highest BCUT2D eigenvalue weighted by Crippen LogP contribution is 2.58. The van der Waals surface area contributed by atoms with Crippen LogP contribution in [0.5, 0.6) is 46.0 Å². The van der Waals surface area contributed by atoms with Crippen LogP contribution in [-0.2, 0) is 21.7 Å².